The highest BCUT2D eigenvalue weighted by molar-refractivity contribution is 5.91. The summed E-state index contributed by atoms with van der Waals surface area (Å²) in [7, 11) is 1.89. The molecule has 2 aromatic rings. The van der Waals surface area contributed by atoms with Gasteiger partial charge in [0.05, 0.1) is 6.20 Å². The number of hydrogen-bond donors (Lipinski definition) is 1. The number of rotatable bonds is 4. The van der Waals surface area contributed by atoms with E-state index in [4.69, 9.17) is 0 Å². The van der Waals surface area contributed by atoms with Gasteiger partial charge in [-0.05, 0) is 23.6 Å². The van der Waals surface area contributed by atoms with Gasteiger partial charge < -0.3 is 5.32 Å². The van der Waals surface area contributed by atoms with Gasteiger partial charge in [0.25, 0.3) is 0 Å². The molecule has 1 amide bonds. The van der Waals surface area contributed by atoms with E-state index < -0.39 is 0 Å². The first-order valence-electron chi connectivity index (χ1n) is 6.43. The van der Waals surface area contributed by atoms with Crippen LogP contribution in [0.15, 0.2) is 36.7 Å². The maximum absolute atomic E-state index is 11.7. The maximum atomic E-state index is 11.7. The smallest absolute Gasteiger partial charge is 0.224 e. The van der Waals surface area contributed by atoms with Crippen molar-refractivity contribution in [3.63, 3.8) is 0 Å². The molecule has 0 fully saturated rings. The Balaban J connectivity index is 2.13. The highest BCUT2D eigenvalue weighted by Crippen LogP contribution is 2.22. The first-order valence-corrected chi connectivity index (χ1v) is 6.43. The molecular formula is C15H19N3O. The van der Waals surface area contributed by atoms with E-state index in [1.165, 1.54) is 0 Å². The minimum atomic E-state index is 0.0540. The Hall–Kier alpha value is -2.10. The second-order valence-corrected chi connectivity index (χ2v) is 5.13. The summed E-state index contributed by atoms with van der Waals surface area (Å²) in [6.07, 6.45) is 4.31. The van der Waals surface area contributed by atoms with Gasteiger partial charge in [-0.25, -0.2) is 0 Å². The molecule has 1 heterocycles. The van der Waals surface area contributed by atoms with Crippen LogP contribution in [0.25, 0.3) is 11.1 Å². The predicted molar refractivity (Wildman–Crippen MR) is 76.7 cm³/mol. The van der Waals surface area contributed by atoms with Crippen LogP contribution >= 0.6 is 0 Å². The van der Waals surface area contributed by atoms with Gasteiger partial charge in [-0.3, -0.25) is 9.48 Å². The summed E-state index contributed by atoms with van der Waals surface area (Å²) in [6.45, 7) is 4.07. The summed E-state index contributed by atoms with van der Waals surface area (Å²) in [5.74, 6) is 0.417. The lowest BCUT2D eigenvalue weighted by molar-refractivity contribution is -0.116. The molecule has 0 spiro atoms. The number of nitrogens with one attached hydrogen (secondary N) is 1. The van der Waals surface area contributed by atoms with Crippen molar-refractivity contribution in [2.45, 2.75) is 20.3 Å². The normalized spacial score (nSPS) is 10.7. The van der Waals surface area contributed by atoms with E-state index in [1.807, 2.05) is 57.6 Å². The number of aromatic nitrogens is 2. The third-order valence-electron chi connectivity index (χ3n) is 2.78. The summed E-state index contributed by atoms with van der Waals surface area (Å²) in [5, 5.41) is 7.08. The van der Waals surface area contributed by atoms with Gasteiger partial charge in [0.15, 0.2) is 0 Å². The van der Waals surface area contributed by atoms with Gasteiger partial charge in [0, 0.05) is 30.9 Å². The zero-order valence-electron chi connectivity index (χ0n) is 11.6. The molecule has 0 aliphatic rings. The molecule has 4 nitrogen and oxygen atoms in total. The molecule has 1 aromatic carbocycles. The second kappa shape index (κ2) is 5.69. The van der Waals surface area contributed by atoms with Gasteiger partial charge in [0.2, 0.25) is 5.91 Å². The molecule has 2 rings (SSSR count). The highest BCUT2D eigenvalue weighted by Gasteiger charge is 2.06. The lowest BCUT2D eigenvalue weighted by atomic mass is 10.1. The molecule has 0 aliphatic heterocycles. The van der Waals surface area contributed by atoms with E-state index in [-0.39, 0.29) is 5.91 Å². The quantitative estimate of drug-likeness (QED) is 0.915. The SMILES string of the molecule is CC(C)CC(=O)Nc1cccc(-c2cnn(C)c2)c1. The zero-order valence-corrected chi connectivity index (χ0v) is 11.6. The van der Waals surface area contributed by atoms with Gasteiger partial charge in [-0.15, -0.1) is 0 Å². The van der Waals surface area contributed by atoms with Crippen LogP contribution in [-0.4, -0.2) is 15.7 Å². The third kappa shape index (κ3) is 3.68. The number of amides is 1. The maximum Gasteiger partial charge on any atom is 0.224 e. The molecular weight excluding hydrogens is 238 g/mol. The molecule has 0 aliphatic carbocycles. The Morgan fingerprint density at radius 2 is 2.16 bits per heavy atom. The standard InChI is InChI=1S/C15H19N3O/c1-11(2)7-15(19)17-14-6-4-5-12(8-14)13-9-16-18(3)10-13/h4-6,8-11H,7H2,1-3H3,(H,17,19). The van der Waals surface area contributed by atoms with Crippen molar-refractivity contribution in [2.24, 2.45) is 13.0 Å². The molecule has 1 N–H and O–H groups in total. The minimum Gasteiger partial charge on any atom is -0.326 e. The molecule has 19 heavy (non-hydrogen) atoms. The molecule has 100 valence electrons. The van der Waals surface area contributed by atoms with Crippen molar-refractivity contribution in [3.8, 4) is 11.1 Å². The third-order valence-corrected chi connectivity index (χ3v) is 2.78. The van der Waals surface area contributed by atoms with Crippen LogP contribution in [0, 0.1) is 5.92 Å². The average Bonchev–Trinajstić information content (AvgIpc) is 2.75. The molecule has 0 unspecified atom stereocenters. The number of hydrogen-bond acceptors (Lipinski definition) is 2. The molecule has 0 saturated heterocycles. The second-order valence-electron chi connectivity index (χ2n) is 5.13. The van der Waals surface area contributed by atoms with Gasteiger partial charge in [-0.2, -0.15) is 5.10 Å². The van der Waals surface area contributed by atoms with Crippen LogP contribution < -0.4 is 5.32 Å². The number of anilines is 1. The fourth-order valence-electron chi connectivity index (χ4n) is 1.93. The molecule has 1 aromatic heterocycles. The van der Waals surface area contributed by atoms with Crippen molar-refractivity contribution >= 4 is 11.6 Å². The van der Waals surface area contributed by atoms with Crippen LogP contribution in [0.2, 0.25) is 0 Å². The van der Waals surface area contributed by atoms with Crippen LogP contribution in [0.3, 0.4) is 0 Å². The predicted octanol–water partition coefficient (Wildman–Crippen LogP) is 3.07. The van der Waals surface area contributed by atoms with E-state index in [0.717, 1.165) is 16.8 Å². The topological polar surface area (TPSA) is 46.9 Å². The van der Waals surface area contributed by atoms with E-state index in [1.54, 1.807) is 4.68 Å². The first-order chi connectivity index (χ1) is 9.04. The fraction of sp³-hybridized carbons (Fsp3) is 0.333. The summed E-state index contributed by atoms with van der Waals surface area (Å²) >= 11 is 0. The number of carbonyl (C=O) groups is 1. The summed E-state index contributed by atoms with van der Waals surface area (Å²) in [5.41, 5.74) is 2.92. The van der Waals surface area contributed by atoms with E-state index in [0.29, 0.717) is 12.3 Å². The van der Waals surface area contributed by atoms with Crippen molar-refractivity contribution < 1.29 is 4.79 Å². The van der Waals surface area contributed by atoms with Crippen LogP contribution in [0.5, 0.6) is 0 Å². The largest absolute Gasteiger partial charge is 0.326 e. The lowest BCUT2D eigenvalue weighted by Crippen LogP contribution is -2.13. The number of aryl methyl sites for hydroxylation is 1. The molecule has 0 saturated carbocycles. The Labute approximate surface area is 113 Å². The summed E-state index contributed by atoms with van der Waals surface area (Å²) in [6, 6.07) is 7.82. The Morgan fingerprint density at radius 3 is 2.79 bits per heavy atom. The minimum absolute atomic E-state index is 0.0540. The van der Waals surface area contributed by atoms with Crippen molar-refractivity contribution in [1.29, 1.82) is 0 Å². The molecule has 0 bridgehead atoms. The van der Waals surface area contributed by atoms with Crippen molar-refractivity contribution in [2.75, 3.05) is 5.32 Å². The molecule has 4 heteroatoms. The zero-order chi connectivity index (χ0) is 13.8. The Kier molecular flexibility index (Phi) is 4.00. The van der Waals surface area contributed by atoms with Crippen LogP contribution in [0.1, 0.15) is 20.3 Å². The van der Waals surface area contributed by atoms with Crippen molar-refractivity contribution in [3.05, 3.63) is 36.7 Å². The number of benzene rings is 1. The van der Waals surface area contributed by atoms with E-state index >= 15 is 0 Å². The highest BCUT2D eigenvalue weighted by atomic mass is 16.1. The number of carbonyl (C=O) groups excluding carboxylic acids is 1. The van der Waals surface area contributed by atoms with Crippen LogP contribution in [0.4, 0.5) is 5.69 Å². The summed E-state index contributed by atoms with van der Waals surface area (Å²) in [4.78, 5) is 11.7. The van der Waals surface area contributed by atoms with E-state index in [9.17, 15) is 4.79 Å². The lowest BCUT2D eigenvalue weighted by Gasteiger charge is -2.08. The number of nitrogens with zero attached hydrogens (tertiary/aromatic N) is 2. The fourth-order valence-corrected chi connectivity index (χ4v) is 1.93. The molecule has 0 atom stereocenters. The van der Waals surface area contributed by atoms with Gasteiger partial charge in [-0.1, -0.05) is 26.0 Å². The van der Waals surface area contributed by atoms with Crippen molar-refractivity contribution in [1.82, 2.24) is 9.78 Å². The monoisotopic (exact) mass is 257 g/mol. The van der Waals surface area contributed by atoms with Crippen LogP contribution in [-0.2, 0) is 11.8 Å². The van der Waals surface area contributed by atoms with Gasteiger partial charge in [0.1, 0.15) is 0 Å². The summed E-state index contributed by atoms with van der Waals surface area (Å²) < 4.78 is 1.76. The molecule has 0 radical (unpaired) electrons. The Morgan fingerprint density at radius 1 is 1.37 bits per heavy atom. The average molecular weight is 257 g/mol. The Bertz CT molecular complexity index is 572. The van der Waals surface area contributed by atoms with E-state index in [2.05, 4.69) is 10.4 Å². The first kappa shape index (κ1) is 13.3. The van der Waals surface area contributed by atoms with Gasteiger partial charge >= 0.3 is 0 Å².